The van der Waals surface area contributed by atoms with E-state index in [0.29, 0.717) is 35.8 Å². The minimum absolute atomic E-state index is 0.0443. The number of piperidine rings is 1. The second-order valence-electron chi connectivity index (χ2n) is 9.84. The number of likely N-dealkylation sites (tertiary alicyclic amines) is 1. The molecule has 0 amide bonds. The number of carbonyl (C=O) groups is 1. The molecule has 2 saturated carbocycles. The molecule has 4 aliphatic rings. The normalized spacial score (nSPS) is 38.8. The van der Waals surface area contributed by atoms with Gasteiger partial charge in [-0.25, -0.2) is 0 Å². The monoisotopic (exact) mass is 367 g/mol. The number of fused-ring (bicyclic) bond motifs is 1. The highest BCUT2D eigenvalue weighted by molar-refractivity contribution is 5.84. The lowest BCUT2D eigenvalue weighted by Gasteiger charge is -2.62. The standard InChI is InChI=1S/C24H33NO2/c1-3-19-15(2)22(27)13-24-9-10-25(14-16-5-4-6-16)21(23(19)24)11-17-7-8-18(26)12-20(17)24/h7-8,12,15-16,19,21,23,26H,3-6,9-11,13-14H2,1-2H3/t15-,19-,21?,23-,24?/m1/s1. The number of rotatable bonds is 3. The molecule has 1 saturated heterocycles. The molecule has 1 aromatic carbocycles. The van der Waals surface area contributed by atoms with Crippen molar-refractivity contribution in [3.8, 4) is 5.75 Å². The van der Waals surface area contributed by atoms with Crippen LogP contribution in [0.1, 0.15) is 63.5 Å². The molecule has 3 aliphatic carbocycles. The molecular weight excluding hydrogens is 334 g/mol. The van der Waals surface area contributed by atoms with E-state index in [2.05, 4.69) is 24.8 Å². The van der Waals surface area contributed by atoms with Gasteiger partial charge < -0.3 is 5.11 Å². The molecule has 0 aromatic heterocycles. The lowest BCUT2D eigenvalue weighted by atomic mass is 9.47. The highest BCUT2D eigenvalue weighted by Crippen LogP contribution is 2.59. The summed E-state index contributed by atoms with van der Waals surface area (Å²) < 4.78 is 0. The van der Waals surface area contributed by atoms with E-state index in [1.54, 1.807) is 0 Å². The number of phenolic OH excluding ortho intramolecular Hbond substituents is 1. The van der Waals surface area contributed by atoms with E-state index in [9.17, 15) is 9.90 Å². The number of hydrogen-bond donors (Lipinski definition) is 1. The van der Waals surface area contributed by atoms with Gasteiger partial charge in [-0.05, 0) is 73.2 Å². The molecule has 0 radical (unpaired) electrons. The highest BCUT2D eigenvalue weighted by atomic mass is 16.3. The van der Waals surface area contributed by atoms with Gasteiger partial charge in [0.25, 0.3) is 0 Å². The molecule has 2 bridgehead atoms. The van der Waals surface area contributed by atoms with Crippen LogP contribution in [0.4, 0.5) is 0 Å². The molecule has 2 unspecified atom stereocenters. The van der Waals surface area contributed by atoms with Gasteiger partial charge in [-0.1, -0.05) is 32.8 Å². The fourth-order valence-corrected chi connectivity index (χ4v) is 7.13. The van der Waals surface area contributed by atoms with E-state index in [1.165, 1.54) is 36.9 Å². The molecule has 1 heterocycles. The SMILES string of the molecule is CC[C@@H]1[C@@H](C)C(=O)CC23CCN(CC4CCC4)C(Cc4ccc(O)cc42)[C@@H]13. The molecule has 146 valence electrons. The van der Waals surface area contributed by atoms with E-state index >= 15 is 0 Å². The van der Waals surface area contributed by atoms with Gasteiger partial charge in [0.05, 0.1) is 0 Å². The van der Waals surface area contributed by atoms with Crippen LogP contribution in [-0.4, -0.2) is 34.9 Å². The molecule has 5 atom stereocenters. The Morgan fingerprint density at radius 3 is 2.81 bits per heavy atom. The average Bonchev–Trinajstić information content (AvgIpc) is 2.61. The van der Waals surface area contributed by atoms with Crippen molar-refractivity contribution < 1.29 is 9.90 Å². The third-order valence-corrected chi connectivity index (χ3v) is 8.72. The maximum absolute atomic E-state index is 13.0. The van der Waals surface area contributed by atoms with Crippen LogP contribution < -0.4 is 0 Å². The zero-order valence-corrected chi connectivity index (χ0v) is 16.8. The minimum atomic E-state index is -0.0443. The van der Waals surface area contributed by atoms with E-state index in [4.69, 9.17) is 0 Å². The lowest BCUT2D eigenvalue weighted by Crippen LogP contribution is -2.66. The first-order valence-corrected chi connectivity index (χ1v) is 11.1. The highest BCUT2D eigenvalue weighted by Gasteiger charge is 2.60. The predicted octanol–water partition coefficient (Wildman–Crippen LogP) is 4.31. The van der Waals surface area contributed by atoms with Crippen LogP contribution in [0.2, 0.25) is 0 Å². The van der Waals surface area contributed by atoms with Gasteiger partial charge in [-0.2, -0.15) is 0 Å². The average molecular weight is 368 g/mol. The quantitative estimate of drug-likeness (QED) is 0.865. The van der Waals surface area contributed by atoms with Crippen LogP contribution in [0.15, 0.2) is 18.2 Å². The fraction of sp³-hybridized carbons (Fsp3) is 0.708. The van der Waals surface area contributed by atoms with E-state index in [0.717, 1.165) is 31.7 Å². The maximum Gasteiger partial charge on any atom is 0.136 e. The van der Waals surface area contributed by atoms with Crippen LogP contribution >= 0.6 is 0 Å². The summed E-state index contributed by atoms with van der Waals surface area (Å²) in [5, 5.41) is 10.2. The number of Topliss-reactive ketones (excluding diaryl/α,β-unsaturated/α-hetero) is 1. The molecule has 1 aliphatic heterocycles. The van der Waals surface area contributed by atoms with Crippen molar-refractivity contribution in [1.29, 1.82) is 0 Å². The zero-order chi connectivity index (χ0) is 18.8. The number of hydrogen-bond acceptors (Lipinski definition) is 3. The van der Waals surface area contributed by atoms with Crippen LogP contribution in [-0.2, 0) is 16.6 Å². The van der Waals surface area contributed by atoms with Gasteiger partial charge in [-0.15, -0.1) is 0 Å². The Kier molecular flexibility index (Phi) is 4.16. The topological polar surface area (TPSA) is 40.5 Å². The third kappa shape index (κ3) is 2.53. The van der Waals surface area contributed by atoms with E-state index < -0.39 is 0 Å². The van der Waals surface area contributed by atoms with Gasteiger partial charge in [-0.3, -0.25) is 9.69 Å². The number of benzene rings is 1. The predicted molar refractivity (Wildman–Crippen MR) is 107 cm³/mol. The van der Waals surface area contributed by atoms with Crippen molar-refractivity contribution in [1.82, 2.24) is 4.90 Å². The molecule has 1 aromatic rings. The van der Waals surface area contributed by atoms with Crippen molar-refractivity contribution in [2.45, 2.75) is 70.3 Å². The largest absolute Gasteiger partial charge is 0.508 e. The maximum atomic E-state index is 13.0. The number of carbonyl (C=O) groups excluding carboxylic acids is 1. The number of aromatic hydroxyl groups is 1. The molecule has 27 heavy (non-hydrogen) atoms. The van der Waals surface area contributed by atoms with Crippen LogP contribution in [0.25, 0.3) is 0 Å². The minimum Gasteiger partial charge on any atom is -0.508 e. The van der Waals surface area contributed by atoms with Crippen LogP contribution in [0, 0.1) is 23.7 Å². The van der Waals surface area contributed by atoms with Gasteiger partial charge >= 0.3 is 0 Å². The molecule has 3 heteroatoms. The van der Waals surface area contributed by atoms with Crippen LogP contribution in [0.5, 0.6) is 5.75 Å². The van der Waals surface area contributed by atoms with Crippen molar-refractivity contribution in [2.24, 2.45) is 23.7 Å². The summed E-state index contributed by atoms with van der Waals surface area (Å²) in [5.41, 5.74) is 2.63. The van der Waals surface area contributed by atoms with Gasteiger partial charge in [0, 0.05) is 30.3 Å². The van der Waals surface area contributed by atoms with E-state index in [1.807, 2.05) is 12.1 Å². The molecule has 3 nitrogen and oxygen atoms in total. The van der Waals surface area contributed by atoms with Crippen LogP contribution in [0.3, 0.4) is 0 Å². The summed E-state index contributed by atoms with van der Waals surface area (Å²) in [5.74, 6) is 2.89. The Hall–Kier alpha value is -1.35. The van der Waals surface area contributed by atoms with Gasteiger partial charge in [0.1, 0.15) is 11.5 Å². The summed E-state index contributed by atoms with van der Waals surface area (Å²) in [6.07, 6.45) is 8.13. The number of phenols is 1. The Morgan fingerprint density at radius 2 is 2.11 bits per heavy atom. The molecule has 1 N–H and O–H groups in total. The lowest BCUT2D eigenvalue weighted by molar-refractivity contribution is -0.140. The van der Waals surface area contributed by atoms with Crippen molar-refractivity contribution >= 4 is 5.78 Å². The Balaban J connectivity index is 1.61. The Labute approximate surface area is 163 Å². The summed E-state index contributed by atoms with van der Waals surface area (Å²) in [7, 11) is 0. The fourth-order valence-electron chi connectivity index (χ4n) is 7.13. The smallest absolute Gasteiger partial charge is 0.136 e. The second kappa shape index (κ2) is 6.34. The first kappa shape index (κ1) is 17.7. The van der Waals surface area contributed by atoms with Crippen molar-refractivity contribution in [3.05, 3.63) is 29.3 Å². The molecule has 5 rings (SSSR count). The first-order valence-electron chi connectivity index (χ1n) is 11.1. The van der Waals surface area contributed by atoms with Crippen molar-refractivity contribution in [3.63, 3.8) is 0 Å². The third-order valence-electron chi connectivity index (χ3n) is 8.72. The van der Waals surface area contributed by atoms with Gasteiger partial charge in [0.15, 0.2) is 0 Å². The van der Waals surface area contributed by atoms with Crippen molar-refractivity contribution in [2.75, 3.05) is 13.1 Å². The van der Waals surface area contributed by atoms with E-state index in [-0.39, 0.29) is 11.3 Å². The number of ketones is 1. The molecule has 3 fully saturated rings. The summed E-state index contributed by atoms with van der Waals surface area (Å²) >= 11 is 0. The molecule has 0 spiro atoms. The second-order valence-corrected chi connectivity index (χ2v) is 9.84. The van der Waals surface area contributed by atoms with Gasteiger partial charge in [0.2, 0.25) is 0 Å². The Morgan fingerprint density at radius 1 is 1.30 bits per heavy atom. The summed E-state index contributed by atoms with van der Waals surface area (Å²) in [6, 6.07) is 6.53. The number of nitrogens with zero attached hydrogens (tertiary/aromatic N) is 1. The Bertz CT molecular complexity index is 755. The summed E-state index contributed by atoms with van der Waals surface area (Å²) in [4.78, 5) is 15.8. The summed E-state index contributed by atoms with van der Waals surface area (Å²) in [6.45, 7) is 6.82. The molecular formula is C24H33NO2. The first-order chi connectivity index (χ1) is 13.0. The zero-order valence-electron chi connectivity index (χ0n) is 16.8.